The number of carbonyl (C=O) groups excluding carboxylic acids is 1. The number of allylic oxidation sites excluding steroid dienone is 1. The van der Waals surface area contributed by atoms with Crippen molar-refractivity contribution in [2.45, 2.75) is 13.5 Å². The average Bonchev–Trinajstić information content (AvgIpc) is 2.31. The molecule has 15 heavy (non-hydrogen) atoms. The van der Waals surface area contributed by atoms with Crippen molar-refractivity contribution in [1.82, 2.24) is 5.32 Å². The number of ether oxygens (including phenoxy) is 1. The van der Waals surface area contributed by atoms with Gasteiger partial charge in [0.05, 0.1) is 0 Å². The lowest BCUT2D eigenvalue weighted by Gasteiger charge is -2.09. The van der Waals surface area contributed by atoms with E-state index in [2.05, 4.69) is 10.1 Å². The molecule has 0 spiro atoms. The van der Waals surface area contributed by atoms with E-state index in [9.17, 15) is 4.79 Å². The summed E-state index contributed by atoms with van der Waals surface area (Å²) in [5.41, 5.74) is 2.11. The largest absolute Gasteiger partial charge is 0.462 e. The fourth-order valence-corrected chi connectivity index (χ4v) is 1.17. The lowest BCUT2D eigenvalue weighted by atomic mass is 10.2. The molecule has 1 aromatic rings. The quantitative estimate of drug-likeness (QED) is 0.720. The van der Waals surface area contributed by atoms with Gasteiger partial charge in [0.1, 0.15) is 6.61 Å². The predicted molar refractivity (Wildman–Crippen MR) is 59.1 cm³/mol. The Labute approximate surface area is 89.8 Å². The third-order valence-corrected chi connectivity index (χ3v) is 2.02. The molecule has 0 aromatic heterocycles. The zero-order chi connectivity index (χ0) is 10.9. The first-order valence-electron chi connectivity index (χ1n) is 4.85. The summed E-state index contributed by atoms with van der Waals surface area (Å²) in [5.74, 6) is 0. The zero-order valence-electron chi connectivity index (χ0n) is 8.77. The maximum absolute atomic E-state index is 10.0. The van der Waals surface area contributed by atoms with Crippen LogP contribution in [0.3, 0.4) is 0 Å². The van der Waals surface area contributed by atoms with Crippen molar-refractivity contribution in [3.8, 4) is 0 Å². The van der Waals surface area contributed by atoms with E-state index in [0.717, 1.165) is 12.2 Å². The fourth-order valence-electron chi connectivity index (χ4n) is 1.17. The SMILES string of the molecule is CC=C(COC=O)NCc1ccccc1. The van der Waals surface area contributed by atoms with Gasteiger partial charge in [-0.05, 0) is 12.5 Å². The number of hydrogen-bond acceptors (Lipinski definition) is 3. The molecule has 80 valence electrons. The van der Waals surface area contributed by atoms with Crippen LogP contribution >= 0.6 is 0 Å². The molecule has 3 heteroatoms. The van der Waals surface area contributed by atoms with E-state index in [1.165, 1.54) is 5.56 Å². The number of benzene rings is 1. The normalized spacial score (nSPS) is 10.9. The number of carbonyl (C=O) groups is 1. The Kier molecular flexibility index (Phi) is 5.01. The summed E-state index contributed by atoms with van der Waals surface area (Å²) in [6.07, 6.45) is 1.90. The smallest absolute Gasteiger partial charge is 0.293 e. The number of nitrogens with one attached hydrogen (secondary N) is 1. The van der Waals surface area contributed by atoms with E-state index in [1.807, 2.05) is 43.3 Å². The Morgan fingerprint density at radius 2 is 2.13 bits per heavy atom. The third kappa shape index (κ3) is 4.31. The molecule has 0 amide bonds. The molecule has 0 saturated carbocycles. The highest BCUT2D eigenvalue weighted by Gasteiger charge is 1.96. The summed E-state index contributed by atoms with van der Waals surface area (Å²) < 4.78 is 4.66. The van der Waals surface area contributed by atoms with Crippen LogP contribution in [0.5, 0.6) is 0 Å². The van der Waals surface area contributed by atoms with E-state index in [1.54, 1.807) is 0 Å². The Balaban J connectivity index is 2.38. The highest BCUT2D eigenvalue weighted by Crippen LogP contribution is 1.99. The summed E-state index contributed by atoms with van der Waals surface area (Å²) in [5, 5.41) is 3.20. The Morgan fingerprint density at radius 3 is 2.73 bits per heavy atom. The Bertz CT molecular complexity index is 320. The molecule has 0 unspecified atom stereocenters. The van der Waals surface area contributed by atoms with E-state index in [4.69, 9.17) is 0 Å². The molecule has 0 aliphatic carbocycles. The molecule has 0 fully saturated rings. The van der Waals surface area contributed by atoms with Crippen LogP contribution in [-0.4, -0.2) is 13.1 Å². The van der Waals surface area contributed by atoms with Crippen LogP contribution in [0.1, 0.15) is 12.5 Å². The van der Waals surface area contributed by atoms with Crippen molar-refractivity contribution in [2.24, 2.45) is 0 Å². The number of rotatable bonds is 6. The van der Waals surface area contributed by atoms with Gasteiger partial charge in [-0.25, -0.2) is 0 Å². The first kappa shape index (κ1) is 11.3. The van der Waals surface area contributed by atoms with Crippen molar-refractivity contribution >= 4 is 6.47 Å². The van der Waals surface area contributed by atoms with Gasteiger partial charge in [0.15, 0.2) is 0 Å². The monoisotopic (exact) mass is 205 g/mol. The molecule has 0 aliphatic rings. The zero-order valence-corrected chi connectivity index (χ0v) is 8.77. The maximum atomic E-state index is 10.0. The summed E-state index contributed by atoms with van der Waals surface area (Å²) in [4.78, 5) is 10.0. The van der Waals surface area contributed by atoms with E-state index in [-0.39, 0.29) is 0 Å². The van der Waals surface area contributed by atoms with Gasteiger partial charge in [0, 0.05) is 12.2 Å². The summed E-state index contributed by atoms with van der Waals surface area (Å²) in [6.45, 7) is 3.39. The molecule has 0 radical (unpaired) electrons. The van der Waals surface area contributed by atoms with Crippen molar-refractivity contribution in [1.29, 1.82) is 0 Å². The fraction of sp³-hybridized carbons (Fsp3) is 0.250. The standard InChI is InChI=1S/C12H15NO2/c1-2-12(9-15-10-14)13-8-11-6-4-3-5-7-11/h2-7,10,13H,8-9H2,1H3. The molecule has 0 aliphatic heterocycles. The van der Waals surface area contributed by atoms with Gasteiger partial charge >= 0.3 is 0 Å². The molecule has 1 rings (SSSR count). The average molecular weight is 205 g/mol. The minimum Gasteiger partial charge on any atom is -0.462 e. The van der Waals surface area contributed by atoms with Gasteiger partial charge in [0.25, 0.3) is 6.47 Å². The van der Waals surface area contributed by atoms with E-state index >= 15 is 0 Å². The van der Waals surface area contributed by atoms with Crippen LogP contribution in [0.2, 0.25) is 0 Å². The molecule has 0 atom stereocenters. The van der Waals surface area contributed by atoms with Crippen molar-refractivity contribution in [2.75, 3.05) is 6.61 Å². The first-order valence-corrected chi connectivity index (χ1v) is 4.85. The van der Waals surface area contributed by atoms with Crippen LogP contribution in [0, 0.1) is 0 Å². The maximum Gasteiger partial charge on any atom is 0.293 e. The summed E-state index contributed by atoms with van der Waals surface area (Å²) in [7, 11) is 0. The molecule has 0 bridgehead atoms. The van der Waals surface area contributed by atoms with E-state index < -0.39 is 0 Å². The minimum atomic E-state index is 0.298. The second-order valence-corrected chi connectivity index (χ2v) is 3.06. The molecular weight excluding hydrogens is 190 g/mol. The van der Waals surface area contributed by atoms with Gasteiger partial charge in [-0.1, -0.05) is 36.4 Å². The van der Waals surface area contributed by atoms with Crippen LogP contribution in [0.25, 0.3) is 0 Å². The molecule has 1 N–H and O–H groups in total. The van der Waals surface area contributed by atoms with Crippen molar-refractivity contribution in [3.63, 3.8) is 0 Å². The van der Waals surface area contributed by atoms with Gasteiger partial charge < -0.3 is 10.1 Å². The second-order valence-electron chi connectivity index (χ2n) is 3.06. The Hall–Kier alpha value is -1.77. The second kappa shape index (κ2) is 6.65. The molecule has 0 heterocycles. The summed E-state index contributed by atoms with van der Waals surface area (Å²) >= 11 is 0. The van der Waals surface area contributed by atoms with Gasteiger partial charge in [-0.2, -0.15) is 0 Å². The summed E-state index contributed by atoms with van der Waals surface area (Å²) in [6, 6.07) is 10.1. The molecule has 0 saturated heterocycles. The van der Waals surface area contributed by atoms with Gasteiger partial charge in [-0.15, -0.1) is 0 Å². The highest BCUT2D eigenvalue weighted by atomic mass is 16.5. The highest BCUT2D eigenvalue weighted by molar-refractivity contribution is 5.37. The molecule has 3 nitrogen and oxygen atoms in total. The molecular formula is C12H15NO2. The topological polar surface area (TPSA) is 38.3 Å². The van der Waals surface area contributed by atoms with Crippen molar-refractivity contribution < 1.29 is 9.53 Å². The lowest BCUT2D eigenvalue weighted by molar-refractivity contribution is -0.127. The molecule has 1 aromatic carbocycles. The third-order valence-electron chi connectivity index (χ3n) is 2.02. The lowest BCUT2D eigenvalue weighted by Crippen LogP contribution is -2.16. The predicted octanol–water partition coefficient (Wildman–Crippen LogP) is 1.85. The van der Waals surface area contributed by atoms with Crippen molar-refractivity contribution in [3.05, 3.63) is 47.7 Å². The van der Waals surface area contributed by atoms with Crippen LogP contribution in [0.4, 0.5) is 0 Å². The van der Waals surface area contributed by atoms with Gasteiger partial charge in [-0.3, -0.25) is 4.79 Å². The van der Waals surface area contributed by atoms with Crippen LogP contribution in [0.15, 0.2) is 42.1 Å². The van der Waals surface area contributed by atoms with Crippen LogP contribution < -0.4 is 5.32 Å². The minimum absolute atomic E-state index is 0.298. The van der Waals surface area contributed by atoms with Crippen LogP contribution in [-0.2, 0) is 16.1 Å². The Morgan fingerprint density at radius 1 is 1.40 bits per heavy atom. The first-order chi connectivity index (χ1) is 7.36. The van der Waals surface area contributed by atoms with Gasteiger partial charge in [0.2, 0.25) is 0 Å². The van der Waals surface area contributed by atoms with E-state index in [0.29, 0.717) is 13.1 Å². The number of hydrogen-bond donors (Lipinski definition) is 1.